The molecule has 126 valence electrons. The first kappa shape index (κ1) is 16.1. The molecule has 0 spiro atoms. The molecule has 1 aromatic heterocycles. The number of hydrogen-bond donors (Lipinski definition) is 1. The van der Waals surface area contributed by atoms with E-state index in [0.29, 0.717) is 28.9 Å². The molecule has 2 heterocycles. The Hall–Kier alpha value is -2.76. The molecule has 0 saturated carbocycles. The van der Waals surface area contributed by atoms with Crippen LogP contribution in [0.3, 0.4) is 0 Å². The average molecular weight is 328 g/mol. The Balaban J connectivity index is 2.41. The van der Waals surface area contributed by atoms with E-state index < -0.39 is 12.1 Å². The Kier molecular flexibility index (Phi) is 4.05. The van der Waals surface area contributed by atoms with Crippen molar-refractivity contribution >= 4 is 28.7 Å². The quantitative estimate of drug-likeness (QED) is 0.858. The van der Waals surface area contributed by atoms with Gasteiger partial charge < -0.3 is 14.7 Å². The Labute approximate surface area is 139 Å². The highest BCUT2D eigenvalue weighted by Crippen LogP contribution is 2.36. The topological polar surface area (TPSA) is 71.8 Å². The fraction of sp³-hybridized carbons (Fsp3) is 0.333. The summed E-state index contributed by atoms with van der Waals surface area (Å²) >= 11 is 0. The molecule has 1 aliphatic rings. The van der Waals surface area contributed by atoms with Gasteiger partial charge in [0, 0.05) is 19.0 Å². The van der Waals surface area contributed by atoms with Crippen LogP contribution < -0.4 is 0 Å². The molecular formula is C18H20N2O4. The van der Waals surface area contributed by atoms with E-state index in [9.17, 15) is 14.7 Å². The standard InChI is InChI=1S/C18H20N2O4/c1-11-12-7-4-5-9-14(12)20(18(22)23)15(11)16-13(17(21)24-3)8-6-10-19(16)2/h4-5,7,9H,6,8,10H2,1-3H3,(H,22,23). The summed E-state index contributed by atoms with van der Waals surface area (Å²) in [4.78, 5) is 26.1. The normalized spacial score (nSPS) is 15.0. The number of carboxylic acid groups (broad SMARTS) is 1. The summed E-state index contributed by atoms with van der Waals surface area (Å²) in [5.41, 5.74) is 3.18. The minimum Gasteiger partial charge on any atom is -0.466 e. The minimum atomic E-state index is -1.06. The number of fused-ring (bicyclic) bond motifs is 1. The van der Waals surface area contributed by atoms with E-state index in [4.69, 9.17) is 4.74 Å². The number of hydrogen-bond acceptors (Lipinski definition) is 4. The van der Waals surface area contributed by atoms with Crippen LogP contribution in [0.4, 0.5) is 4.79 Å². The van der Waals surface area contributed by atoms with E-state index in [1.807, 2.05) is 37.1 Å². The number of aromatic nitrogens is 1. The van der Waals surface area contributed by atoms with Gasteiger partial charge in [-0.25, -0.2) is 14.2 Å². The Morgan fingerprint density at radius 2 is 1.96 bits per heavy atom. The van der Waals surface area contributed by atoms with Crippen LogP contribution >= 0.6 is 0 Å². The second-order valence-corrected chi connectivity index (χ2v) is 5.95. The van der Waals surface area contributed by atoms with Gasteiger partial charge in [-0.05, 0) is 31.4 Å². The van der Waals surface area contributed by atoms with Crippen molar-refractivity contribution in [3.63, 3.8) is 0 Å². The van der Waals surface area contributed by atoms with Crippen molar-refractivity contribution < 1.29 is 19.4 Å². The maximum absolute atomic E-state index is 12.2. The van der Waals surface area contributed by atoms with Crippen molar-refractivity contribution in [2.24, 2.45) is 0 Å². The van der Waals surface area contributed by atoms with Crippen molar-refractivity contribution in [3.8, 4) is 0 Å². The molecule has 1 aliphatic heterocycles. The molecule has 0 atom stereocenters. The van der Waals surface area contributed by atoms with Gasteiger partial charge in [0.15, 0.2) is 0 Å². The molecule has 6 heteroatoms. The van der Waals surface area contributed by atoms with Gasteiger partial charge in [0.05, 0.1) is 29.6 Å². The van der Waals surface area contributed by atoms with Gasteiger partial charge in [-0.1, -0.05) is 18.2 Å². The largest absolute Gasteiger partial charge is 0.466 e. The van der Waals surface area contributed by atoms with Crippen molar-refractivity contribution in [3.05, 3.63) is 41.1 Å². The minimum absolute atomic E-state index is 0.404. The molecule has 1 aromatic carbocycles. The van der Waals surface area contributed by atoms with Crippen LogP contribution in [0.2, 0.25) is 0 Å². The van der Waals surface area contributed by atoms with Gasteiger partial charge >= 0.3 is 12.1 Å². The van der Waals surface area contributed by atoms with E-state index in [0.717, 1.165) is 23.9 Å². The van der Waals surface area contributed by atoms with Gasteiger partial charge in [0.2, 0.25) is 0 Å². The van der Waals surface area contributed by atoms with E-state index in [-0.39, 0.29) is 0 Å². The zero-order valence-corrected chi connectivity index (χ0v) is 14.0. The lowest BCUT2D eigenvalue weighted by Crippen LogP contribution is -2.29. The summed E-state index contributed by atoms with van der Waals surface area (Å²) in [5, 5.41) is 10.6. The van der Waals surface area contributed by atoms with E-state index >= 15 is 0 Å². The Bertz CT molecular complexity index is 863. The molecule has 3 rings (SSSR count). The number of benzene rings is 1. The molecule has 0 saturated heterocycles. The second-order valence-electron chi connectivity index (χ2n) is 5.95. The first-order valence-electron chi connectivity index (χ1n) is 7.83. The van der Waals surface area contributed by atoms with Gasteiger partial charge in [0.25, 0.3) is 0 Å². The first-order chi connectivity index (χ1) is 11.5. The lowest BCUT2D eigenvalue weighted by molar-refractivity contribution is -0.136. The van der Waals surface area contributed by atoms with Gasteiger partial charge in [-0.15, -0.1) is 0 Å². The molecule has 0 radical (unpaired) electrons. The molecule has 0 amide bonds. The Morgan fingerprint density at radius 3 is 2.62 bits per heavy atom. The zero-order valence-electron chi connectivity index (χ0n) is 14.0. The molecule has 0 unspecified atom stereocenters. The highest BCUT2D eigenvalue weighted by molar-refractivity contribution is 6.02. The van der Waals surface area contributed by atoms with Crippen LogP contribution in [0, 0.1) is 6.92 Å². The zero-order chi connectivity index (χ0) is 17.4. The molecule has 0 aliphatic carbocycles. The molecule has 6 nitrogen and oxygen atoms in total. The third kappa shape index (κ3) is 2.35. The van der Waals surface area contributed by atoms with Crippen molar-refractivity contribution in [2.45, 2.75) is 19.8 Å². The molecule has 24 heavy (non-hydrogen) atoms. The van der Waals surface area contributed by atoms with Gasteiger partial charge in [-0.2, -0.15) is 0 Å². The van der Waals surface area contributed by atoms with E-state index in [1.54, 1.807) is 6.07 Å². The smallest absolute Gasteiger partial charge is 0.416 e. The number of esters is 1. The van der Waals surface area contributed by atoms with Crippen LogP contribution in [0.5, 0.6) is 0 Å². The lowest BCUT2D eigenvalue weighted by Gasteiger charge is -2.30. The van der Waals surface area contributed by atoms with E-state index in [2.05, 4.69) is 0 Å². The summed E-state index contributed by atoms with van der Waals surface area (Å²) < 4.78 is 6.19. The predicted octanol–water partition coefficient (Wildman–Crippen LogP) is 3.09. The van der Waals surface area contributed by atoms with Crippen LogP contribution in [0.25, 0.3) is 16.6 Å². The second kappa shape index (κ2) is 6.03. The molecule has 2 aromatic rings. The van der Waals surface area contributed by atoms with E-state index in [1.165, 1.54) is 11.7 Å². The number of nitrogens with zero attached hydrogens (tertiary/aromatic N) is 2. The lowest BCUT2D eigenvalue weighted by atomic mass is 9.98. The maximum atomic E-state index is 12.2. The highest BCUT2D eigenvalue weighted by Gasteiger charge is 2.30. The van der Waals surface area contributed by atoms with Gasteiger partial charge in [-0.3, -0.25) is 0 Å². The van der Waals surface area contributed by atoms with Gasteiger partial charge in [0.1, 0.15) is 0 Å². The predicted molar refractivity (Wildman–Crippen MR) is 90.9 cm³/mol. The third-order valence-corrected chi connectivity index (χ3v) is 4.56. The number of carbonyl (C=O) groups is 2. The van der Waals surface area contributed by atoms with Crippen LogP contribution in [0.15, 0.2) is 29.8 Å². The molecule has 1 N–H and O–H groups in total. The monoisotopic (exact) mass is 328 g/mol. The first-order valence-corrected chi connectivity index (χ1v) is 7.83. The fourth-order valence-corrected chi connectivity index (χ4v) is 3.48. The third-order valence-electron chi connectivity index (χ3n) is 4.56. The number of aryl methyl sites for hydroxylation is 1. The number of para-hydroxylation sites is 1. The number of carbonyl (C=O) groups excluding carboxylic acids is 1. The van der Waals surface area contributed by atoms with Crippen molar-refractivity contribution in [1.29, 1.82) is 0 Å². The van der Waals surface area contributed by atoms with Crippen LogP contribution in [0.1, 0.15) is 24.1 Å². The van der Waals surface area contributed by atoms with Crippen LogP contribution in [-0.4, -0.2) is 47.3 Å². The Morgan fingerprint density at radius 1 is 1.25 bits per heavy atom. The number of methoxy groups -OCH3 is 1. The summed E-state index contributed by atoms with van der Waals surface area (Å²) in [6, 6.07) is 7.37. The summed E-state index contributed by atoms with van der Waals surface area (Å²) in [5.74, 6) is -0.404. The highest BCUT2D eigenvalue weighted by atomic mass is 16.5. The summed E-state index contributed by atoms with van der Waals surface area (Å²) in [7, 11) is 3.22. The number of ether oxygens (including phenoxy) is 1. The van der Waals surface area contributed by atoms with Crippen molar-refractivity contribution in [1.82, 2.24) is 9.47 Å². The fourth-order valence-electron chi connectivity index (χ4n) is 3.48. The molecule has 0 bridgehead atoms. The SMILES string of the molecule is COC(=O)C1=C(c2c(C)c3ccccc3n2C(=O)O)N(C)CCC1. The summed E-state index contributed by atoms with van der Waals surface area (Å²) in [6.45, 7) is 2.65. The number of rotatable bonds is 2. The maximum Gasteiger partial charge on any atom is 0.416 e. The molecule has 0 fully saturated rings. The average Bonchev–Trinajstić information content (AvgIpc) is 2.87. The van der Waals surface area contributed by atoms with Crippen LogP contribution in [-0.2, 0) is 9.53 Å². The summed E-state index contributed by atoms with van der Waals surface area (Å²) in [6.07, 6.45) is 0.342. The van der Waals surface area contributed by atoms with Crippen molar-refractivity contribution in [2.75, 3.05) is 20.7 Å². The molecular weight excluding hydrogens is 308 g/mol.